The topological polar surface area (TPSA) is 12.0 Å². The second-order valence-corrected chi connectivity index (χ2v) is 3.10. The molecule has 1 rings (SSSR count). The summed E-state index contributed by atoms with van der Waals surface area (Å²) in [6.07, 6.45) is 2.69. The molecule has 0 heterocycles. The minimum absolute atomic E-state index is 0.554. The van der Waals surface area contributed by atoms with Crippen LogP contribution < -0.4 is 5.32 Å². The van der Waals surface area contributed by atoms with Gasteiger partial charge in [-0.25, -0.2) is 0 Å². The van der Waals surface area contributed by atoms with Gasteiger partial charge in [-0.05, 0) is 32.6 Å². The number of rotatable bonds is 3. The van der Waals surface area contributed by atoms with Crippen LogP contribution >= 0.6 is 0 Å². The monoisotopic (exact) mass is 125 g/mol. The molecule has 1 N–H and O–H groups in total. The first-order chi connectivity index (χ1) is 4.20. The van der Waals surface area contributed by atoms with Crippen LogP contribution in [0, 0.1) is 5.92 Å². The highest BCUT2D eigenvalue weighted by molar-refractivity contribution is 5.05. The van der Waals surface area contributed by atoms with Gasteiger partial charge in [-0.15, -0.1) is 0 Å². The van der Waals surface area contributed by atoms with Crippen molar-refractivity contribution >= 4 is 0 Å². The van der Waals surface area contributed by atoms with Gasteiger partial charge < -0.3 is 5.32 Å². The molecule has 0 aromatic heterocycles. The predicted molar refractivity (Wildman–Crippen MR) is 40.1 cm³/mol. The van der Waals surface area contributed by atoms with Crippen molar-refractivity contribution in [2.45, 2.75) is 32.7 Å². The molecule has 0 saturated heterocycles. The Hall–Kier alpha value is -0.460. The second-order valence-electron chi connectivity index (χ2n) is 3.10. The van der Waals surface area contributed by atoms with Crippen LogP contribution in [0.1, 0.15) is 26.7 Å². The lowest BCUT2D eigenvalue weighted by Crippen LogP contribution is -2.22. The van der Waals surface area contributed by atoms with E-state index in [9.17, 15) is 0 Å². The summed E-state index contributed by atoms with van der Waals surface area (Å²) >= 11 is 0. The van der Waals surface area contributed by atoms with Crippen LogP contribution in [0.2, 0.25) is 0 Å². The van der Waals surface area contributed by atoms with E-state index in [1.807, 2.05) is 0 Å². The van der Waals surface area contributed by atoms with Crippen LogP contribution in [-0.4, -0.2) is 6.04 Å². The van der Waals surface area contributed by atoms with Crippen molar-refractivity contribution in [2.75, 3.05) is 0 Å². The van der Waals surface area contributed by atoms with Gasteiger partial charge in [0.2, 0.25) is 0 Å². The average molecular weight is 125 g/mol. The second kappa shape index (κ2) is 2.42. The van der Waals surface area contributed by atoms with Crippen molar-refractivity contribution in [3.8, 4) is 0 Å². The normalized spacial score (nSPS) is 18.1. The quantitative estimate of drug-likeness (QED) is 0.607. The number of hydrogen-bond acceptors (Lipinski definition) is 1. The van der Waals surface area contributed by atoms with Gasteiger partial charge in [-0.2, -0.15) is 0 Å². The molecule has 1 saturated carbocycles. The Morgan fingerprint density at radius 2 is 2.11 bits per heavy atom. The summed E-state index contributed by atoms with van der Waals surface area (Å²) < 4.78 is 0. The molecule has 0 radical (unpaired) electrons. The molecule has 1 aliphatic carbocycles. The Morgan fingerprint density at radius 1 is 1.56 bits per heavy atom. The van der Waals surface area contributed by atoms with Crippen LogP contribution in [0.5, 0.6) is 0 Å². The molecule has 0 unspecified atom stereocenters. The minimum Gasteiger partial charge on any atom is -0.386 e. The van der Waals surface area contributed by atoms with Gasteiger partial charge in [0, 0.05) is 11.7 Å². The summed E-state index contributed by atoms with van der Waals surface area (Å²) in [6.45, 7) is 8.24. The molecule has 1 fully saturated rings. The van der Waals surface area contributed by atoms with Crippen molar-refractivity contribution in [3.63, 3.8) is 0 Å². The summed E-state index contributed by atoms with van der Waals surface area (Å²) in [4.78, 5) is 0. The molecule has 1 heteroatoms. The first kappa shape index (κ1) is 6.66. The van der Waals surface area contributed by atoms with Crippen molar-refractivity contribution in [1.82, 2.24) is 5.32 Å². The van der Waals surface area contributed by atoms with Crippen LogP contribution in [-0.2, 0) is 0 Å². The molecule has 1 nitrogen and oxygen atoms in total. The van der Waals surface area contributed by atoms with E-state index in [1.54, 1.807) is 0 Å². The van der Waals surface area contributed by atoms with Crippen LogP contribution in [0.3, 0.4) is 0 Å². The Morgan fingerprint density at radius 3 is 2.44 bits per heavy atom. The Bertz CT molecular complexity index is 112. The molecule has 0 aromatic carbocycles. The third-order valence-corrected chi connectivity index (χ3v) is 1.54. The molecule has 0 aromatic rings. The Balaban J connectivity index is 2.18. The highest BCUT2D eigenvalue weighted by Crippen LogP contribution is 2.34. The van der Waals surface area contributed by atoms with Gasteiger partial charge in [0.05, 0.1) is 0 Å². The predicted octanol–water partition coefficient (Wildman–Crippen LogP) is 1.91. The van der Waals surface area contributed by atoms with Crippen LogP contribution in [0.4, 0.5) is 0 Å². The third kappa shape index (κ3) is 2.08. The SMILES string of the molecule is C=C(NC(C)C)C1CC1. The number of nitrogens with one attached hydrogen (secondary N) is 1. The molecule has 0 bridgehead atoms. The number of hydrogen-bond donors (Lipinski definition) is 1. The standard InChI is InChI=1S/C8H15N/c1-6(2)9-7(3)8-4-5-8/h6,8-9H,3-5H2,1-2H3. The maximum Gasteiger partial charge on any atom is 0.0201 e. The highest BCUT2D eigenvalue weighted by Gasteiger charge is 2.24. The van der Waals surface area contributed by atoms with E-state index in [0.29, 0.717) is 6.04 Å². The van der Waals surface area contributed by atoms with E-state index in [0.717, 1.165) is 5.92 Å². The average Bonchev–Trinajstić information content (AvgIpc) is 2.40. The van der Waals surface area contributed by atoms with E-state index in [2.05, 4.69) is 25.7 Å². The lowest BCUT2D eigenvalue weighted by atomic mass is 10.3. The summed E-state index contributed by atoms with van der Waals surface area (Å²) in [5, 5.41) is 3.31. The molecule has 1 aliphatic rings. The van der Waals surface area contributed by atoms with E-state index >= 15 is 0 Å². The summed E-state index contributed by atoms with van der Waals surface area (Å²) in [5.74, 6) is 0.799. The summed E-state index contributed by atoms with van der Waals surface area (Å²) in [6, 6.07) is 0.554. The van der Waals surface area contributed by atoms with Gasteiger partial charge in [0.1, 0.15) is 0 Å². The molecule has 0 aliphatic heterocycles. The molecule has 0 spiro atoms. The minimum atomic E-state index is 0.554. The van der Waals surface area contributed by atoms with Crippen LogP contribution in [0.25, 0.3) is 0 Å². The summed E-state index contributed by atoms with van der Waals surface area (Å²) in [7, 11) is 0. The first-order valence-corrected chi connectivity index (χ1v) is 3.65. The highest BCUT2D eigenvalue weighted by atomic mass is 14.9. The zero-order valence-electron chi connectivity index (χ0n) is 6.28. The van der Waals surface area contributed by atoms with Gasteiger partial charge >= 0.3 is 0 Å². The molecule has 52 valence electrons. The summed E-state index contributed by atoms with van der Waals surface area (Å²) in [5.41, 5.74) is 1.24. The van der Waals surface area contributed by atoms with Crippen molar-refractivity contribution in [3.05, 3.63) is 12.3 Å². The van der Waals surface area contributed by atoms with Crippen LogP contribution in [0.15, 0.2) is 12.3 Å². The fourth-order valence-corrected chi connectivity index (χ4v) is 0.920. The smallest absolute Gasteiger partial charge is 0.0201 e. The van der Waals surface area contributed by atoms with Crippen molar-refractivity contribution < 1.29 is 0 Å². The van der Waals surface area contributed by atoms with E-state index in [1.165, 1.54) is 18.5 Å². The lowest BCUT2D eigenvalue weighted by Gasteiger charge is -2.10. The van der Waals surface area contributed by atoms with Gasteiger partial charge in [-0.1, -0.05) is 6.58 Å². The zero-order valence-corrected chi connectivity index (χ0v) is 6.28. The van der Waals surface area contributed by atoms with Gasteiger partial charge in [-0.3, -0.25) is 0 Å². The van der Waals surface area contributed by atoms with Gasteiger partial charge in [0.25, 0.3) is 0 Å². The fraction of sp³-hybridized carbons (Fsp3) is 0.750. The molecule has 0 amide bonds. The maximum atomic E-state index is 3.95. The van der Waals surface area contributed by atoms with Crippen molar-refractivity contribution in [2.24, 2.45) is 5.92 Å². The largest absolute Gasteiger partial charge is 0.386 e. The van der Waals surface area contributed by atoms with E-state index < -0.39 is 0 Å². The fourth-order valence-electron chi connectivity index (χ4n) is 0.920. The lowest BCUT2D eigenvalue weighted by molar-refractivity contribution is 0.638. The van der Waals surface area contributed by atoms with E-state index in [-0.39, 0.29) is 0 Å². The zero-order chi connectivity index (χ0) is 6.85. The maximum absolute atomic E-state index is 3.95. The van der Waals surface area contributed by atoms with Gasteiger partial charge in [0.15, 0.2) is 0 Å². The first-order valence-electron chi connectivity index (χ1n) is 3.65. The third-order valence-electron chi connectivity index (χ3n) is 1.54. The molecule has 0 atom stereocenters. The molecule has 9 heavy (non-hydrogen) atoms. The Labute approximate surface area is 57.1 Å². The van der Waals surface area contributed by atoms with E-state index in [4.69, 9.17) is 0 Å². The molecular weight excluding hydrogens is 110 g/mol. The molecular formula is C8H15N. The van der Waals surface area contributed by atoms with Crippen molar-refractivity contribution in [1.29, 1.82) is 0 Å². The Kier molecular flexibility index (Phi) is 1.79. The number of allylic oxidation sites excluding steroid dienone is 1.